The number of amidine groups is 1. The Balaban J connectivity index is 2.42. The summed E-state index contributed by atoms with van der Waals surface area (Å²) < 4.78 is 0. The van der Waals surface area contributed by atoms with Crippen LogP contribution in [0.4, 0.5) is 5.69 Å². The Hall–Kier alpha value is -0.420. The lowest BCUT2D eigenvalue weighted by Crippen LogP contribution is -2.37. The Bertz CT molecular complexity index is 554. The number of nitrogens with zero attached hydrogens (tertiary/aromatic N) is 2. The van der Waals surface area contributed by atoms with E-state index < -0.39 is 0 Å². The van der Waals surface area contributed by atoms with Crippen molar-refractivity contribution in [1.82, 2.24) is 4.90 Å². The molecular formula is C13H13Cl3N2OS. The number of halogens is 3. The second-order valence-electron chi connectivity index (χ2n) is 4.42. The summed E-state index contributed by atoms with van der Waals surface area (Å²) in [5.41, 5.74) is 0.447. The highest BCUT2D eigenvalue weighted by atomic mass is 35.5. The van der Waals surface area contributed by atoms with Crippen LogP contribution in [0.5, 0.6) is 0 Å². The molecule has 1 saturated heterocycles. The maximum Gasteiger partial charge on any atom is 0.239 e. The second-order valence-corrected chi connectivity index (χ2v) is 6.62. The number of benzene rings is 1. The summed E-state index contributed by atoms with van der Waals surface area (Å²) in [6, 6.07) is 3.27. The van der Waals surface area contributed by atoms with Gasteiger partial charge in [0.05, 0.1) is 15.8 Å². The average molecular weight is 352 g/mol. The van der Waals surface area contributed by atoms with Crippen LogP contribution in [0.2, 0.25) is 15.1 Å². The summed E-state index contributed by atoms with van der Waals surface area (Å²) in [5.74, 6) is 0.454. The fourth-order valence-corrected chi connectivity index (χ4v) is 3.68. The number of carbonyl (C=O) groups excluding carboxylic acids is 1. The lowest BCUT2D eigenvalue weighted by molar-refractivity contribution is -0.125. The lowest BCUT2D eigenvalue weighted by atomic mass is 10.2. The molecule has 0 N–H and O–H groups in total. The smallest absolute Gasteiger partial charge is 0.239 e. The van der Waals surface area contributed by atoms with Crippen molar-refractivity contribution in [2.24, 2.45) is 4.99 Å². The van der Waals surface area contributed by atoms with Crippen LogP contribution < -0.4 is 0 Å². The standard InChI is InChI=1S/C13H13Cl3N2OS/c1-3-7(2)18-11(19)6-20-13(18)17-12-9(15)4-8(14)5-10(12)16/h4-5,7H,3,6H2,1-2H3. The Labute approximate surface area is 137 Å². The SMILES string of the molecule is CCC(C)N1C(=O)CSC1=Nc1c(Cl)cc(Cl)cc1Cl. The van der Waals surface area contributed by atoms with Gasteiger partial charge in [0.25, 0.3) is 0 Å². The number of rotatable bonds is 3. The highest BCUT2D eigenvalue weighted by Crippen LogP contribution is 2.38. The van der Waals surface area contributed by atoms with Crippen molar-refractivity contribution in [3.8, 4) is 0 Å². The van der Waals surface area contributed by atoms with E-state index in [2.05, 4.69) is 4.99 Å². The van der Waals surface area contributed by atoms with Gasteiger partial charge in [0, 0.05) is 11.1 Å². The molecule has 3 nitrogen and oxygen atoms in total. The molecule has 1 heterocycles. The minimum atomic E-state index is 0.0595. The fraction of sp³-hybridized carbons (Fsp3) is 0.385. The van der Waals surface area contributed by atoms with Gasteiger partial charge >= 0.3 is 0 Å². The van der Waals surface area contributed by atoms with E-state index >= 15 is 0 Å². The summed E-state index contributed by atoms with van der Waals surface area (Å²) in [5, 5.41) is 1.84. The lowest BCUT2D eigenvalue weighted by Gasteiger charge is -2.22. The number of carbonyl (C=O) groups is 1. The molecule has 7 heteroatoms. The van der Waals surface area contributed by atoms with Crippen molar-refractivity contribution < 1.29 is 4.79 Å². The van der Waals surface area contributed by atoms with Crippen LogP contribution in [-0.4, -0.2) is 27.8 Å². The highest BCUT2D eigenvalue weighted by molar-refractivity contribution is 8.15. The first-order chi connectivity index (χ1) is 9.43. The second kappa shape index (κ2) is 6.56. The van der Waals surface area contributed by atoms with Crippen molar-refractivity contribution in [2.45, 2.75) is 26.3 Å². The molecule has 1 unspecified atom stereocenters. The van der Waals surface area contributed by atoms with E-state index in [1.165, 1.54) is 11.8 Å². The van der Waals surface area contributed by atoms with Gasteiger partial charge in [0.2, 0.25) is 5.91 Å². The number of aliphatic imine (C=N–C) groups is 1. The number of amides is 1. The third-order valence-electron chi connectivity index (χ3n) is 3.02. The maximum absolute atomic E-state index is 11.9. The molecule has 0 saturated carbocycles. The van der Waals surface area contributed by atoms with Crippen LogP contribution >= 0.6 is 46.6 Å². The summed E-state index contributed by atoms with van der Waals surface area (Å²) >= 11 is 19.5. The van der Waals surface area contributed by atoms with Gasteiger partial charge in [-0.15, -0.1) is 0 Å². The van der Waals surface area contributed by atoms with E-state index in [0.29, 0.717) is 31.7 Å². The zero-order valence-corrected chi connectivity index (χ0v) is 14.1. The maximum atomic E-state index is 11.9. The molecule has 1 aromatic carbocycles. The quantitative estimate of drug-likeness (QED) is 0.767. The van der Waals surface area contributed by atoms with E-state index in [1.807, 2.05) is 13.8 Å². The largest absolute Gasteiger partial charge is 0.288 e. The third-order valence-corrected chi connectivity index (χ3v) is 4.75. The van der Waals surface area contributed by atoms with Crippen molar-refractivity contribution in [3.63, 3.8) is 0 Å². The molecule has 1 amide bonds. The molecule has 1 atom stereocenters. The van der Waals surface area contributed by atoms with Gasteiger partial charge in [-0.05, 0) is 25.5 Å². The number of thioether (sulfide) groups is 1. The van der Waals surface area contributed by atoms with E-state index in [0.717, 1.165) is 6.42 Å². The summed E-state index contributed by atoms with van der Waals surface area (Å²) in [4.78, 5) is 18.1. The molecule has 108 valence electrons. The topological polar surface area (TPSA) is 32.7 Å². The third kappa shape index (κ3) is 3.25. The van der Waals surface area contributed by atoms with Gasteiger partial charge in [-0.2, -0.15) is 0 Å². The molecule has 1 fully saturated rings. The predicted molar refractivity (Wildman–Crippen MR) is 87.6 cm³/mol. The van der Waals surface area contributed by atoms with Crippen molar-refractivity contribution in [2.75, 3.05) is 5.75 Å². The van der Waals surface area contributed by atoms with Gasteiger partial charge in [-0.1, -0.05) is 53.5 Å². The van der Waals surface area contributed by atoms with E-state index in [-0.39, 0.29) is 11.9 Å². The Morgan fingerprint density at radius 3 is 2.50 bits per heavy atom. The average Bonchev–Trinajstić information content (AvgIpc) is 2.74. The molecular weight excluding hydrogens is 339 g/mol. The first kappa shape index (κ1) is 16.0. The van der Waals surface area contributed by atoms with E-state index in [9.17, 15) is 4.79 Å². The van der Waals surface area contributed by atoms with Crippen LogP contribution in [0.1, 0.15) is 20.3 Å². The molecule has 1 aliphatic rings. The molecule has 1 aromatic rings. The minimum absolute atomic E-state index is 0.0595. The van der Waals surface area contributed by atoms with E-state index in [1.54, 1.807) is 17.0 Å². The van der Waals surface area contributed by atoms with Gasteiger partial charge in [0.15, 0.2) is 5.17 Å². The molecule has 0 aliphatic carbocycles. The predicted octanol–water partition coefficient (Wildman–Crippen LogP) is 5.01. The number of hydrogen-bond acceptors (Lipinski definition) is 3. The molecule has 0 radical (unpaired) electrons. The molecule has 20 heavy (non-hydrogen) atoms. The molecule has 2 rings (SSSR count). The summed E-state index contributed by atoms with van der Waals surface area (Å²) in [6.07, 6.45) is 0.855. The Kier molecular flexibility index (Phi) is 5.24. The summed E-state index contributed by atoms with van der Waals surface area (Å²) in [6.45, 7) is 4.02. The normalized spacial score (nSPS) is 18.9. The van der Waals surface area contributed by atoms with Crippen molar-refractivity contribution >= 4 is 63.3 Å². The van der Waals surface area contributed by atoms with Gasteiger partial charge in [0.1, 0.15) is 5.69 Å². The molecule has 0 spiro atoms. The Morgan fingerprint density at radius 1 is 1.35 bits per heavy atom. The zero-order chi connectivity index (χ0) is 14.9. The fourth-order valence-electron chi connectivity index (χ4n) is 1.81. The van der Waals surface area contributed by atoms with Crippen molar-refractivity contribution in [1.29, 1.82) is 0 Å². The zero-order valence-electron chi connectivity index (χ0n) is 11.0. The molecule has 0 bridgehead atoms. The molecule has 0 aromatic heterocycles. The Morgan fingerprint density at radius 2 is 1.95 bits per heavy atom. The first-order valence-corrected chi connectivity index (χ1v) is 8.24. The van der Waals surface area contributed by atoms with E-state index in [4.69, 9.17) is 34.8 Å². The van der Waals surface area contributed by atoms with Crippen LogP contribution in [0.25, 0.3) is 0 Å². The minimum Gasteiger partial charge on any atom is -0.288 e. The van der Waals surface area contributed by atoms with Gasteiger partial charge in [-0.3, -0.25) is 9.69 Å². The van der Waals surface area contributed by atoms with Gasteiger partial charge in [-0.25, -0.2) is 4.99 Å². The summed E-state index contributed by atoms with van der Waals surface area (Å²) in [7, 11) is 0. The van der Waals surface area contributed by atoms with Crippen molar-refractivity contribution in [3.05, 3.63) is 27.2 Å². The number of hydrogen-bond donors (Lipinski definition) is 0. The van der Waals surface area contributed by atoms with Crippen LogP contribution in [0.3, 0.4) is 0 Å². The monoisotopic (exact) mass is 350 g/mol. The first-order valence-electron chi connectivity index (χ1n) is 6.12. The highest BCUT2D eigenvalue weighted by Gasteiger charge is 2.31. The molecule has 1 aliphatic heterocycles. The van der Waals surface area contributed by atoms with Crippen LogP contribution in [-0.2, 0) is 4.79 Å². The van der Waals surface area contributed by atoms with Crippen LogP contribution in [0.15, 0.2) is 17.1 Å². The van der Waals surface area contributed by atoms with Gasteiger partial charge < -0.3 is 0 Å². The van der Waals surface area contributed by atoms with Crippen LogP contribution in [0, 0.1) is 0 Å².